The minimum atomic E-state index is -3.41. The molecule has 9 heteroatoms. The summed E-state index contributed by atoms with van der Waals surface area (Å²) in [6.45, 7) is 6.85. The highest BCUT2D eigenvalue weighted by molar-refractivity contribution is 7.91. The molecule has 0 aliphatic carbocycles. The summed E-state index contributed by atoms with van der Waals surface area (Å²) < 4.78 is 52.6. The minimum Gasteiger partial charge on any atom is -0.300 e. The Morgan fingerprint density at radius 2 is 1.48 bits per heavy atom. The van der Waals surface area contributed by atoms with E-state index in [2.05, 4.69) is 0 Å². The van der Waals surface area contributed by atoms with Crippen molar-refractivity contribution >= 4 is 20.0 Å². The van der Waals surface area contributed by atoms with Gasteiger partial charge in [0.05, 0.1) is 10.6 Å². The number of nitrogens with zero attached hydrogens (tertiary/aromatic N) is 3. The molecule has 1 fully saturated rings. The molecule has 1 heterocycles. The van der Waals surface area contributed by atoms with E-state index in [1.165, 1.54) is 8.61 Å². The Labute approximate surface area is 151 Å². The highest BCUT2D eigenvalue weighted by Crippen LogP contribution is 2.14. The van der Waals surface area contributed by atoms with Gasteiger partial charge < -0.3 is 0 Å². The van der Waals surface area contributed by atoms with Crippen LogP contribution in [0.4, 0.5) is 0 Å². The first-order chi connectivity index (χ1) is 11.8. The summed E-state index contributed by atoms with van der Waals surface area (Å²) in [5.74, 6) is 0.0415. The van der Waals surface area contributed by atoms with Crippen molar-refractivity contribution in [3.63, 3.8) is 0 Å². The Morgan fingerprint density at radius 3 is 2.00 bits per heavy atom. The Kier molecular flexibility index (Phi) is 6.98. The lowest BCUT2D eigenvalue weighted by molar-refractivity contribution is 0.189. The van der Waals surface area contributed by atoms with E-state index < -0.39 is 20.0 Å². The van der Waals surface area contributed by atoms with Crippen LogP contribution in [0.5, 0.6) is 0 Å². The lowest BCUT2D eigenvalue weighted by Crippen LogP contribution is -2.53. The lowest BCUT2D eigenvalue weighted by Gasteiger charge is -2.36. The molecule has 0 radical (unpaired) electrons. The van der Waals surface area contributed by atoms with Crippen LogP contribution in [-0.4, -0.2) is 81.9 Å². The van der Waals surface area contributed by atoms with Gasteiger partial charge in [-0.25, -0.2) is 8.42 Å². The molecule has 142 valence electrons. The zero-order valence-corrected chi connectivity index (χ0v) is 16.5. The Balaban J connectivity index is 1.89. The zero-order chi connectivity index (χ0) is 18.5. The van der Waals surface area contributed by atoms with Crippen molar-refractivity contribution in [2.45, 2.75) is 18.7 Å². The number of hydrogen-bond donors (Lipinski definition) is 0. The average molecular weight is 390 g/mol. The lowest BCUT2D eigenvalue weighted by atomic mass is 10.4. The Bertz CT molecular complexity index is 739. The standard InChI is InChI=1S/C16H27N3O4S2/c1-3-18(4-2)25(22,23)19-12-10-17(11-13-19)14-15-24(20,21)16-8-6-5-7-9-16/h5-9H,3-4,10-15H2,1-2H3. The smallest absolute Gasteiger partial charge is 0.282 e. The van der Waals surface area contributed by atoms with E-state index in [0.29, 0.717) is 50.7 Å². The molecule has 0 amide bonds. The first-order valence-electron chi connectivity index (χ1n) is 8.56. The first kappa shape index (κ1) is 20.3. The molecule has 0 aromatic heterocycles. The second kappa shape index (κ2) is 8.59. The third-order valence-electron chi connectivity index (χ3n) is 4.47. The molecule has 0 spiro atoms. The van der Waals surface area contributed by atoms with Crippen LogP contribution >= 0.6 is 0 Å². The van der Waals surface area contributed by atoms with Crippen LogP contribution < -0.4 is 0 Å². The molecule has 25 heavy (non-hydrogen) atoms. The van der Waals surface area contributed by atoms with Gasteiger partial charge in [-0.05, 0) is 12.1 Å². The summed E-state index contributed by atoms with van der Waals surface area (Å²) in [5, 5.41) is 0. The molecule has 1 saturated heterocycles. The third kappa shape index (κ3) is 5.01. The number of hydrogen-bond acceptors (Lipinski definition) is 5. The fourth-order valence-electron chi connectivity index (χ4n) is 2.89. The fourth-order valence-corrected chi connectivity index (χ4v) is 5.80. The fraction of sp³-hybridized carbons (Fsp3) is 0.625. The second-order valence-corrected chi connectivity index (χ2v) is 10.0. The van der Waals surface area contributed by atoms with E-state index in [9.17, 15) is 16.8 Å². The largest absolute Gasteiger partial charge is 0.300 e. The molecule has 0 N–H and O–H groups in total. The summed E-state index contributed by atoms with van der Waals surface area (Å²) in [6.07, 6.45) is 0. The van der Waals surface area contributed by atoms with Gasteiger partial charge in [0.15, 0.2) is 9.84 Å². The zero-order valence-electron chi connectivity index (χ0n) is 14.8. The summed E-state index contributed by atoms with van der Waals surface area (Å²) in [5.41, 5.74) is 0. The van der Waals surface area contributed by atoms with Crippen LogP contribution in [0.2, 0.25) is 0 Å². The van der Waals surface area contributed by atoms with E-state index in [4.69, 9.17) is 0 Å². The summed E-state index contributed by atoms with van der Waals surface area (Å²) >= 11 is 0. The minimum absolute atomic E-state index is 0.0415. The maximum absolute atomic E-state index is 12.5. The van der Waals surface area contributed by atoms with Gasteiger partial charge in [0.2, 0.25) is 0 Å². The van der Waals surface area contributed by atoms with Crippen molar-refractivity contribution in [1.29, 1.82) is 0 Å². The molecule has 1 aliphatic heterocycles. The van der Waals surface area contributed by atoms with Gasteiger partial charge in [0.1, 0.15) is 0 Å². The van der Waals surface area contributed by atoms with Crippen molar-refractivity contribution in [2.24, 2.45) is 0 Å². The van der Waals surface area contributed by atoms with Crippen LogP contribution in [0.15, 0.2) is 35.2 Å². The normalized spacial score (nSPS) is 17.9. The van der Waals surface area contributed by atoms with Gasteiger partial charge in [-0.3, -0.25) is 4.90 Å². The summed E-state index contributed by atoms with van der Waals surface area (Å²) in [6, 6.07) is 8.41. The predicted octanol–water partition coefficient (Wildman–Crippen LogP) is 0.665. The van der Waals surface area contributed by atoms with E-state index in [1.807, 2.05) is 18.7 Å². The van der Waals surface area contributed by atoms with Gasteiger partial charge in [0, 0.05) is 45.8 Å². The van der Waals surface area contributed by atoms with Crippen molar-refractivity contribution in [1.82, 2.24) is 13.5 Å². The summed E-state index contributed by atoms with van der Waals surface area (Å²) in [7, 11) is -6.72. The first-order valence-corrected chi connectivity index (χ1v) is 11.6. The summed E-state index contributed by atoms with van der Waals surface area (Å²) in [4.78, 5) is 2.34. The number of benzene rings is 1. The molecule has 0 atom stereocenters. The molecule has 1 aliphatic rings. The molecule has 1 aromatic carbocycles. The van der Waals surface area contributed by atoms with Gasteiger partial charge in [-0.2, -0.15) is 17.0 Å². The highest BCUT2D eigenvalue weighted by Gasteiger charge is 2.31. The number of rotatable bonds is 8. The van der Waals surface area contributed by atoms with E-state index in [1.54, 1.807) is 30.3 Å². The van der Waals surface area contributed by atoms with Gasteiger partial charge in [-0.15, -0.1) is 0 Å². The van der Waals surface area contributed by atoms with Gasteiger partial charge in [-0.1, -0.05) is 32.0 Å². The van der Waals surface area contributed by atoms with Gasteiger partial charge >= 0.3 is 0 Å². The van der Waals surface area contributed by atoms with E-state index in [0.717, 1.165) is 0 Å². The molecule has 0 unspecified atom stereocenters. The van der Waals surface area contributed by atoms with Crippen molar-refractivity contribution in [3.05, 3.63) is 30.3 Å². The molecule has 0 bridgehead atoms. The van der Waals surface area contributed by atoms with Gasteiger partial charge in [0.25, 0.3) is 10.2 Å². The molecular weight excluding hydrogens is 362 g/mol. The second-order valence-electron chi connectivity index (χ2n) is 5.96. The van der Waals surface area contributed by atoms with Crippen molar-refractivity contribution < 1.29 is 16.8 Å². The Hall–Kier alpha value is -1.00. The van der Waals surface area contributed by atoms with Crippen LogP contribution in [0.1, 0.15) is 13.8 Å². The number of piperazine rings is 1. The van der Waals surface area contributed by atoms with E-state index >= 15 is 0 Å². The van der Waals surface area contributed by atoms with Crippen molar-refractivity contribution in [2.75, 3.05) is 51.6 Å². The molecule has 2 rings (SSSR count). The SMILES string of the molecule is CCN(CC)S(=O)(=O)N1CCN(CCS(=O)(=O)c2ccccc2)CC1. The molecule has 7 nitrogen and oxygen atoms in total. The average Bonchev–Trinajstić information content (AvgIpc) is 2.62. The third-order valence-corrected chi connectivity index (χ3v) is 8.36. The Morgan fingerprint density at radius 1 is 0.920 bits per heavy atom. The topological polar surface area (TPSA) is 78.0 Å². The van der Waals surface area contributed by atoms with Crippen LogP contribution in [0.3, 0.4) is 0 Å². The van der Waals surface area contributed by atoms with E-state index in [-0.39, 0.29) is 5.75 Å². The quantitative estimate of drug-likeness (QED) is 0.653. The molecule has 0 saturated carbocycles. The highest BCUT2D eigenvalue weighted by atomic mass is 32.2. The maximum atomic E-state index is 12.5. The van der Waals surface area contributed by atoms with Crippen LogP contribution in [0, 0.1) is 0 Å². The van der Waals surface area contributed by atoms with Crippen LogP contribution in [0.25, 0.3) is 0 Å². The maximum Gasteiger partial charge on any atom is 0.282 e. The molecule has 1 aromatic rings. The van der Waals surface area contributed by atoms with Crippen molar-refractivity contribution in [3.8, 4) is 0 Å². The number of sulfone groups is 1. The monoisotopic (exact) mass is 389 g/mol. The molecular formula is C16H27N3O4S2. The predicted molar refractivity (Wildman–Crippen MR) is 98.3 cm³/mol. The van der Waals surface area contributed by atoms with Crippen LogP contribution in [-0.2, 0) is 20.0 Å².